The Bertz CT molecular complexity index is 109. The lowest BCUT2D eigenvalue weighted by atomic mass is 10.4. The zero-order valence-electron chi connectivity index (χ0n) is 9.05. The molecule has 0 aromatic carbocycles. The molecule has 13 heavy (non-hydrogen) atoms. The Hall–Kier alpha value is 0.400. The lowest BCUT2D eigenvalue weighted by Gasteiger charge is -2.17. The van der Waals surface area contributed by atoms with Crippen molar-refractivity contribution < 1.29 is 4.74 Å². The first-order chi connectivity index (χ1) is 6.16. The van der Waals surface area contributed by atoms with E-state index in [2.05, 4.69) is 41.7 Å². The number of rotatable bonds is 8. The molecule has 0 aliphatic carbocycles. The first kappa shape index (κ1) is 13.4. The number of likely N-dealkylation sites (N-methyl/N-ethyl adjacent to an activating group) is 1. The molecule has 0 saturated heterocycles. The predicted molar refractivity (Wildman–Crippen MR) is 61.6 cm³/mol. The maximum absolute atomic E-state index is 5.47. The molecule has 1 atom stereocenters. The van der Waals surface area contributed by atoms with E-state index < -0.39 is 0 Å². The van der Waals surface area contributed by atoms with Gasteiger partial charge in [-0.05, 0) is 13.5 Å². The molecule has 0 radical (unpaired) electrons. The fraction of sp³-hybridized carbons (Fsp3) is 1.00. The van der Waals surface area contributed by atoms with Crippen molar-refractivity contribution in [3.8, 4) is 0 Å². The summed E-state index contributed by atoms with van der Waals surface area (Å²) in [6.07, 6.45) is 2.40. The van der Waals surface area contributed by atoms with Crippen molar-refractivity contribution in [1.82, 2.24) is 4.90 Å². The van der Waals surface area contributed by atoms with Crippen LogP contribution in [0.1, 0.15) is 26.7 Å². The number of nitrogens with zero attached hydrogens (tertiary/aromatic N) is 1. The Labute approximate surface area is 90.8 Å². The molecule has 80 valence electrons. The largest absolute Gasteiger partial charge is 0.380 e. The molecule has 0 aromatic rings. The summed E-state index contributed by atoms with van der Waals surface area (Å²) in [4.78, 5) is 2.85. The molecule has 0 rings (SSSR count). The summed E-state index contributed by atoms with van der Waals surface area (Å²) in [6.45, 7) is 8.22. The first-order valence-electron chi connectivity index (χ1n) is 5.07. The van der Waals surface area contributed by atoms with Crippen LogP contribution in [0.4, 0.5) is 0 Å². The smallest absolute Gasteiger partial charge is 0.0593 e. The van der Waals surface area contributed by atoms with Gasteiger partial charge in [-0.15, -0.1) is 0 Å². The molecule has 0 bridgehead atoms. The zero-order chi connectivity index (χ0) is 10.1. The van der Waals surface area contributed by atoms with Crippen LogP contribution in [0.2, 0.25) is 0 Å². The minimum atomic E-state index is 0.563. The van der Waals surface area contributed by atoms with Crippen LogP contribution in [-0.4, -0.2) is 43.1 Å². The van der Waals surface area contributed by atoms with Gasteiger partial charge in [0.05, 0.1) is 6.61 Å². The van der Waals surface area contributed by atoms with E-state index in [0.29, 0.717) is 4.83 Å². The van der Waals surface area contributed by atoms with Crippen LogP contribution in [0.3, 0.4) is 0 Å². The molecule has 0 saturated carbocycles. The molecule has 2 nitrogen and oxygen atoms in total. The molecule has 0 spiro atoms. The van der Waals surface area contributed by atoms with Crippen molar-refractivity contribution in [3.05, 3.63) is 0 Å². The highest BCUT2D eigenvalue weighted by molar-refractivity contribution is 9.09. The highest BCUT2D eigenvalue weighted by atomic mass is 79.9. The zero-order valence-corrected chi connectivity index (χ0v) is 10.6. The van der Waals surface area contributed by atoms with Gasteiger partial charge < -0.3 is 9.64 Å². The summed E-state index contributed by atoms with van der Waals surface area (Å²) < 4.78 is 5.47. The van der Waals surface area contributed by atoms with Gasteiger partial charge >= 0.3 is 0 Å². The van der Waals surface area contributed by atoms with Gasteiger partial charge in [-0.1, -0.05) is 36.2 Å². The maximum atomic E-state index is 5.47. The van der Waals surface area contributed by atoms with Crippen LogP contribution in [0, 0.1) is 0 Å². The second-order valence-electron chi connectivity index (χ2n) is 3.51. The minimum absolute atomic E-state index is 0.563. The first-order valence-corrected chi connectivity index (χ1v) is 5.98. The minimum Gasteiger partial charge on any atom is -0.380 e. The Balaban J connectivity index is 3.12. The Kier molecular flexibility index (Phi) is 9.25. The molecule has 0 heterocycles. The van der Waals surface area contributed by atoms with Gasteiger partial charge in [0.15, 0.2) is 0 Å². The fourth-order valence-electron chi connectivity index (χ4n) is 1.09. The van der Waals surface area contributed by atoms with Crippen LogP contribution in [0.5, 0.6) is 0 Å². The normalized spacial score (nSPS) is 13.6. The van der Waals surface area contributed by atoms with E-state index in [1.807, 2.05) is 0 Å². The van der Waals surface area contributed by atoms with Crippen molar-refractivity contribution in [2.75, 3.05) is 33.4 Å². The molecular formula is C10H22BrNO. The summed E-state index contributed by atoms with van der Waals surface area (Å²) in [6, 6.07) is 0. The number of alkyl halides is 1. The van der Waals surface area contributed by atoms with E-state index in [0.717, 1.165) is 26.3 Å². The van der Waals surface area contributed by atoms with E-state index in [1.165, 1.54) is 12.8 Å². The lowest BCUT2D eigenvalue weighted by molar-refractivity contribution is 0.110. The van der Waals surface area contributed by atoms with E-state index in [-0.39, 0.29) is 0 Å². The molecule has 0 N–H and O–H groups in total. The summed E-state index contributed by atoms with van der Waals surface area (Å²) >= 11 is 3.53. The van der Waals surface area contributed by atoms with Gasteiger partial charge in [-0.2, -0.15) is 0 Å². The topological polar surface area (TPSA) is 12.5 Å². The number of hydrogen-bond donors (Lipinski definition) is 0. The molecule has 1 unspecified atom stereocenters. The molecule has 3 heteroatoms. The van der Waals surface area contributed by atoms with Gasteiger partial charge in [0.25, 0.3) is 0 Å². The molecule has 0 amide bonds. The Morgan fingerprint density at radius 2 is 2.08 bits per heavy atom. The number of halogens is 1. The van der Waals surface area contributed by atoms with Crippen molar-refractivity contribution in [2.24, 2.45) is 0 Å². The molecular weight excluding hydrogens is 230 g/mol. The van der Waals surface area contributed by atoms with Gasteiger partial charge in [-0.25, -0.2) is 0 Å². The maximum Gasteiger partial charge on any atom is 0.0593 e. The second-order valence-corrected chi connectivity index (χ2v) is 5.07. The number of unbranched alkanes of at least 4 members (excludes halogenated alkanes) is 1. The standard InChI is InChI=1S/C10H22BrNO/c1-4-5-7-13-8-6-12(3)9-10(2)11/h10H,4-9H2,1-3H3. The second kappa shape index (κ2) is 8.97. The third-order valence-corrected chi connectivity index (χ3v) is 2.11. The van der Waals surface area contributed by atoms with Crippen LogP contribution >= 0.6 is 15.9 Å². The average molecular weight is 252 g/mol. The third kappa shape index (κ3) is 10.3. The summed E-state index contributed by atoms with van der Waals surface area (Å²) in [5, 5.41) is 0. The van der Waals surface area contributed by atoms with E-state index in [1.54, 1.807) is 0 Å². The quantitative estimate of drug-likeness (QED) is 0.486. The van der Waals surface area contributed by atoms with Crippen LogP contribution < -0.4 is 0 Å². The Morgan fingerprint density at radius 3 is 2.62 bits per heavy atom. The monoisotopic (exact) mass is 251 g/mol. The third-order valence-electron chi connectivity index (χ3n) is 1.82. The van der Waals surface area contributed by atoms with Crippen molar-refractivity contribution in [3.63, 3.8) is 0 Å². The van der Waals surface area contributed by atoms with E-state index >= 15 is 0 Å². The van der Waals surface area contributed by atoms with Crippen molar-refractivity contribution >= 4 is 15.9 Å². The summed E-state index contributed by atoms with van der Waals surface area (Å²) in [5.74, 6) is 0. The molecule has 0 fully saturated rings. The summed E-state index contributed by atoms with van der Waals surface area (Å²) in [5.41, 5.74) is 0. The number of hydrogen-bond acceptors (Lipinski definition) is 2. The van der Waals surface area contributed by atoms with Crippen molar-refractivity contribution in [1.29, 1.82) is 0 Å². The summed E-state index contributed by atoms with van der Waals surface area (Å²) in [7, 11) is 2.13. The highest BCUT2D eigenvalue weighted by Crippen LogP contribution is 1.99. The highest BCUT2D eigenvalue weighted by Gasteiger charge is 2.01. The predicted octanol–water partition coefficient (Wildman–Crippen LogP) is 2.52. The van der Waals surface area contributed by atoms with E-state index in [4.69, 9.17) is 4.74 Å². The van der Waals surface area contributed by atoms with Crippen LogP contribution in [-0.2, 0) is 4.74 Å². The molecule has 0 aliphatic heterocycles. The van der Waals surface area contributed by atoms with Gasteiger partial charge in [0, 0.05) is 24.5 Å². The lowest BCUT2D eigenvalue weighted by Crippen LogP contribution is -2.28. The SMILES string of the molecule is CCCCOCCN(C)CC(C)Br. The Morgan fingerprint density at radius 1 is 1.38 bits per heavy atom. The van der Waals surface area contributed by atoms with Crippen LogP contribution in [0.15, 0.2) is 0 Å². The van der Waals surface area contributed by atoms with Gasteiger partial charge in [0.1, 0.15) is 0 Å². The number of ether oxygens (including phenoxy) is 1. The van der Waals surface area contributed by atoms with Gasteiger partial charge in [-0.3, -0.25) is 0 Å². The van der Waals surface area contributed by atoms with E-state index in [9.17, 15) is 0 Å². The van der Waals surface area contributed by atoms with Crippen molar-refractivity contribution in [2.45, 2.75) is 31.5 Å². The molecule has 0 aromatic heterocycles. The molecule has 0 aliphatic rings. The van der Waals surface area contributed by atoms with Gasteiger partial charge in [0.2, 0.25) is 0 Å². The van der Waals surface area contributed by atoms with Crippen LogP contribution in [0.25, 0.3) is 0 Å². The average Bonchev–Trinajstić information content (AvgIpc) is 2.02. The fourth-order valence-corrected chi connectivity index (χ4v) is 1.58.